The van der Waals surface area contributed by atoms with E-state index < -0.39 is 0 Å². The molecule has 0 amide bonds. The standard InChI is InChI=1S/C13H14N2O/c1-9-8-10(2)15(13(16)12(9)14)11-6-4-3-5-7-11/h3-8H,14H2,1-2H3. The van der Waals surface area contributed by atoms with Gasteiger partial charge in [-0.05, 0) is 37.6 Å². The van der Waals surface area contributed by atoms with Crippen molar-refractivity contribution in [3.05, 3.63) is 58.0 Å². The van der Waals surface area contributed by atoms with Crippen molar-refractivity contribution in [2.24, 2.45) is 0 Å². The number of nitrogens with zero attached hydrogens (tertiary/aromatic N) is 1. The monoisotopic (exact) mass is 214 g/mol. The predicted octanol–water partition coefficient (Wildman–Crippen LogP) is 2.04. The maximum atomic E-state index is 12.0. The number of rotatable bonds is 1. The highest BCUT2D eigenvalue weighted by Gasteiger charge is 2.08. The highest BCUT2D eigenvalue weighted by molar-refractivity contribution is 5.48. The molecule has 0 unspecified atom stereocenters. The van der Waals surface area contributed by atoms with Crippen LogP contribution in [-0.2, 0) is 0 Å². The van der Waals surface area contributed by atoms with Gasteiger partial charge in [0.05, 0.1) is 0 Å². The molecule has 0 aliphatic heterocycles. The molecule has 1 aromatic heterocycles. The molecule has 2 rings (SSSR count). The number of hydrogen-bond acceptors (Lipinski definition) is 2. The second-order valence-electron chi connectivity index (χ2n) is 3.86. The van der Waals surface area contributed by atoms with Crippen LogP contribution < -0.4 is 11.3 Å². The van der Waals surface area contributed by atoms with Crippen molar-refractivity contribution in [2.45, 2.75) is 13.8 Å². The van der Waals surface area contributed by atoms with Crippen molar-refractivity contribution in [2.75, 3.05) is 5.73 Å². The van der Waals surface area contributed by atoms with E-state index in [-0.39, 0.29) is 5.56 Å². The van der Waals surface area contributed by atoms with Crippen molar-refractivity contribution in [3.8, 4) is 5.69 Å². The zero-order valence-corrected chi connectivity index (χ0v) is 9.40. The first-order chi connectivity index (χ1) is 7.61. The Morgan fingerprint density at radius 3 is 2.38 bits per heavy atom. The molecule has 0 radical (unpaired) electrons. The molecular formula is C13H14N2O. The van der Waals surface area contributed by atoms with E-state index in [0.717, 1.165) is 16.9 Å². The van der Waals surface area contributed by atoms with Crippen molar-refractivity contribution >= 4 is 5.69 Å². The highest BCUT2D eigenvalue weighted by atomic mass is 16.1. The molecule has 2 N–H and O–H groups in total. The number of hydrogen-bond donors (Lipinski definition) is 1. The molecule has 0 atom stereocenters. The fraction of sp³-hybridized carbons (Fsp3) is 0.154. The summed E-state index contributed by atoms with van der Waals surface area (Å²) in [5.41, 5.74) is 8.48. The second-order valence-corrected chi connectivity index (χ2v) is 3.86. The van der Waals surface area contributed by atoms with Gasteiger partial charge in [0, 0.05) is 11.4 Å². The number of aromatic nitrogens is 1. The molecule has 0 saturated carbocycles. The number of anilines is 1. The molecule has 0 aliphatic rings. The summed E-state index contributed by atoms with van der Waals surface area (Å²) < 4.78 is 1.63. The Morgan fingerprint density at radius 2 is 1.75 bits per heavy atom. The normalized spacial score (nSPS) is 10.4. The maximum absolute atomic E-state index is 12.0. The number of nitrogens with two attached hydrogens (primary N) is 1. The van der Waals surface area contributed by atoms with E-state index >= 15 is 0 Å². The van der Waals surface area contributed by atoms with E-state index in [1.54, 1.807) is 4.57 Å². The zero-order chi connectivity index (χ0) is 11.7. The fourth-order valence-electron chi connectivity index (χ4n) is 1.80. The van der Waals surface area contributed by atoms with E-state index in [1.807, 2.05) is 50.2 Å². The third kappa shape index (κ3) is 1.60. The molecule has 16 heavy (non-hydrogen) atoms. The maximum Gasteiger partial charge on any atom is 0.278 e. The van der Waals surface area contributed by atoms with Gasteiger partial charge in [-0.2, -0.15) is 0 Å². The summed E-state index contributed by atoms with van der Waals surface area (Å²) in [4.78, 5) is 12.0. The molecule has 0 bridgehead atoms. The summed E-state index contributed by atoms with van der Waals surface area (Å²) in [5.74, 6) is 0. The van der Waals surface area contributed by atoms with Crippen LogP contribution in [0.1, 0.15) is 11.3 Å². The third-order valence-electron chi connectivity index (χ3n) is 2.65. The summed E-state index contributed by atoms with van der Waals surface area (Å²) in [6, 6.07) is 11.4. The first kappa shape index (κ1) is 10.5. The molecule has 0 spiro atoms. The summed E-state index contributed by atoms with van der Waals surface area (Å²) >= 11 is 0. The molecule has 82 valence electrons. The van der Waals surface area contributed by atoms with E-state index in [1.165, 1.54) is 0 Å². The van der Waals surface area contributed by atoms with E-state index in [0.29, 0.717) is 5.69 Å². The molecular weight excluding hydrogens is 200 g/mol. The first-order valence-electron chi connectivity index (χ1n) is 5.15. The smallest absolute Gasteiger partial charge is 0.278 e. The predicted molar refractivity (Wildman–Crippen MR) is 65.9 cm³/mol. The van der Waals surface area contributed by atoms with Crippen LogP contribution in [0.15, 0.2) is 41.2 Å². The number of benzene rings is 1. The van der Waals surface area contributed by atoms with Crippen LogP contribution in [0.3, 0.4) is 0 Å². The van der Waals surface area contributed by atoms with Crippen LogP contribution >= 0.6 is 0 Å². The molecule has 2 aromatic rings. The van der Waals surface area contributed by atoms with Gasteiger partial charge in [0.2, 0.25) is 0 Å². The minimum Gasteiger partial charge on any atom is -0.394 e. The number of nitrogen functional groups attached to an aromatic ring is 1. The lowest BCUT2D eigenvalue weighted by Crippen LogP contribution is -2.24. The third-order valence-corrected chi connectivity index (χ3v) is 2.65. The molecule has 1 aromatic carbocycles. The van der Waals surface area contributed by atoms with Crippen molar-refractivity contribution in [1.29, 1.82) is 0 Å². The summed E-state index contributed by atoms with van der Waals surface area (Å²) in [5, 5.41) is 0. The quantitative estimate of drug-likeness (QED) is 0.789. The van der Waals surface area contributed by atoms with E-state index in [4.69, 9.17) is 5.73 Å². The van der Waals surface area contributed by atoms with Crippen LogP contribution in [0.2, 0.25) is 0 Å². The summed E-state index contributed by atoms with van der Waals surface area (Å²) in [7, 11) is 0. The van der Waals surface area contributed by atoms with E-state index in [9.17, 15) is 4.79 Å². The van der Waals surface area contributed by atoms with Crippen LogP contribution in [0, 0.1) is 13.8 Å². The Kier molecular flexibility index (Phi) is 2.52. The number of pyridine rings is 1. The molecule has 0 fully saturated rings. The zero-order valence-electron chi connectivity index (χ0n) is 9.40. The van der Waals surface area contributed by atoms with Gasteiger partial charge in [0.25, 0.3) is 5.56 Å². The Balaban J connectivity index is 2.77. The lowest BCUT2D eigenvalue weighted by Gasteiger charge is -2.12. The topological polar surface area (TPSA) is 48.0 Å². The molecule has 0 saturated heterocycles. The highest BCUT2D eigenvalue weighted by Crippen LogP contribution is 2.12. The fourth-order valence-corrected chi connectivity index (χ4v) is 1.80. The molecule has 3 nitrogen and oxygen atoms in total. The van der Waals surface area contributed by atoms with Gasteiger partial charge >= 0.3 is 0 Å². The summed E-state index contributed by atoms with van der Waals surface area (Å²) in [6.07, 6.45) is 0. The lowest BCUT2D eigenvalue weighted by atomic mass is 10.2. The van der Waals surface area contributed by atoms with Gasteiger partial charge in [-0.15, -0.1) is 0 Å². The number of aryl methyl sites for hydroxylation is 2. The second kappa shape index (κ2) is 3.85. The Labute approximate surface area is 94.1 Å². The average Bonchev–Trinajstić information content (AvgIpc) is 2.28. The van der Waals surface area contributed by atoms with Crippen LogP contribution in [-0.4, -0.2) is 4.57 Å². The van der Waals surface area contributed by atoms with Crippen molar-refractivity contribution in [1.82, 2.24) is 4.57 Å². The Hall–Kier alpha value is -2.03. The van der Waals surface area contributed by atoms with Gasteiger partial charge in [-0.3, -0.25) is 9.36 Å². The van der Waals surface area contributed by atoms with Gasteiger partial charge in [0.15, 0.2) is 0 Å². The van der Waals surface area contributed by atoms with E-state index in [2.05, 4.69) is 0 Å². The van der Waals surface area contributed by atoms with Crippen LogP contribution in [0.5, 0.6) is 0 Å². The van der Waals surface area contributed by atoms with Crippen molar-refractivity contribution in [3.63, 3.8) is 0 Å². The lowest BCUT2D eigenvalue weighted by molar-refractivity contribution is 0.932. The van der Waals surface area contributed by atoms with Gasteiger partial charge in [-0.1, -0.05) is 18.2 Å². The Morgan fingerprint density at radius 1 is 1.12 bits per heavy atom. The largest absolute Gasteiger partial charge is 0.394 e. The first-order valence-corrected chi connectivity index (χ1v) is 5.15. The Bertz CT molecular complexity index is 570. The minimum absolute atomic E-state index is 0.149. The molecule has 1 heterocycles. The molecule has 0 aliphatic carbocycles. The molecule has 3 heteroatoms. The summed E-state index contributed by atoms with van der Waals surface area (Å²) in [6.45, 7) is 3.75. The van der Waals surface area contributed by atoms with Crippen LogP contribution in [0.4, 0.5) is 5.69 Å². The number of para-hydroxylation sites is 1. The minimum atomic E-state index is -0.149. The van der Waals surface area contributed by atoms with Gasteiger partial charge in [0.1, 0.15) is 5.69 Å². The van der Waals surface area contributed by atoms with Gasteiger partial charge < -0.3 is 5.73 Å². The SMILES string of the molecule is Cc1cc(C)n(-c2ccccc2)c(=O)c1N. The van der Waals surface area contributed by atoms with Crippen molar-refractivity contribution < 1.29 is 0 Å². The average molecular weight is 214 g/mol. The van der Waals surface area contributed by atoms with Gasteiger partial charge in [-0.25, -0.2) is 0 Å². The van der Waals surface area contributed by atoms with Crippen LogP contribution in [0.25, 0.3) is 5.69 Å².